The third kappa shape index (κ3) is 5.31. The lowest BCUT2D eigenvalue weighted by molar-refractivity contribution is 0.269. The molecule has 1 rings (SSSR count). The van der Waals surface area contributed by atoms with E-state index in [4.69, 9.17) is 0 Å². The van der Waals surface area contributed by atoms with Gasteiger partial charge in [-0.25, -0.2) is 4.98 Å². The molecule has 0 aliphatic rings. The number of rotatable bonds is 8. The summed E-state index contributed by atoms with van der Waals surface area (Å²) in [6, 6.07) is 0.634. The first-order valence-corrected chi connectivity index (χ1v) is 7.55. The topological polar surface area (TPSA) is 41.1 Å². The van der Waals surface area contributed by atoms with Gasteiger partial charge < -0.3 is 10.2 Å². The Morgan fingerprint density at radius 2 is 1.94 bits per heavy atom. The van der Waals surface area contributed by atoms with Gasteiger partial charge in [0.2, 0.25) is 5.13 Å². The molecule has 0 saturated heterocycles. The highest BCUT2D eigenvalue weighted by Crippen LogP contribution is 2.17. The molecular weight excluding hydrogens is 244 g/mol. The Balaban J connectivity index is 2.14. The molecular formula is C13H26N4S. The number of hydrogen-bond donors (Lipinski definition) is 1. The van der Waals surface area contributed by atoms with Gasteiger partial charge in [0, 0.05) is 30.0 Å². The van der Waals surface area contributed by atoms with Crippen LogP contribution in [0.1, 0.15) is 52.3 Å². The Bertz CT molecular complexity index is 335. The average molecular weight is 270 g/mol. The molecule has 18 heavy (non-hydrogen) atoms. The molecule has 0 fully saturated rings. The molecule has 0 atom stereocenters. The molecule has 0 aromatic carbocycles. The minimum Gasteiger partial charge on any atom is -0.360 e. The standard InChI is InChI=1S/C13H26N4S/c1-10(2)12-15-13(18-16-12)14-8-6-7-9-17(5)11(3)4/h10-11H,6-9H2,1-5H3,(H,14,15,16). The van der Waals surface area contributed by atoms with Crippen LogP contribution in [-0.4, -0.2) is 40.4 Å². The van der Waals surface area contributed by atoms with Gasteiger partial charge in [-0.3, -0.25) is 0 Å². The third-order valence-corrected chi connectivity index (χ3v) is 3.74. The van der Waals surface area contributed by atoms with E-state index in [0.717, 1.165) is 24.0 Å². The number of aromatic nitrogens is 2. The zero-order valence-corrected chi connectivity index (χ0v) is 13.0. The highest BCUT2D eigenvalue weighted by molar-refractivity contribution is 7.09. The van der Waals surface area contributed by atoms with Crippen LogP contribution >= 0.6 is 11.5 Å². The zero-order chi connectivity index (χ0) is 13.5. The van der Waals surface area contributed by atoms with E-state index in [1.165, 1.54) is 24.4 Å². The largest absolute Gasteiger partial charge is 0.360 e. The average Bonchev–Trinajstić information content (AvgIpc) is 2.77. The lowest BCUT2D eigenvalue weighted by Gasteiger charge is -2.20. The van der Waals surface area contributed by atoms with Crippen LogP contribution < -0.4 is 5.32 Å². The van der Waals surface area contributed by atoms with Gasteiger partial charge in [-0.2, -0.15) is 4.37 Å². The van der Waals surface area contributed by atoms with Gasteiger partial charge in [-0.1, -0.05) is 13.8 Å². The fourth-order valence-corrected chi connectivity index (χ4v) is 2.21. The van der Waals surface area contributed by atoms with Crippen LogP contribution in [-0.2, 0) is 0 Å². The zero-order valence-electron chi connectivity index (χ0n) is 12.2. The second kappa shape index (κ2) is 7.69. The molecule has 0 aliphatic carbocycles. The molecule has 0 aliphatic heterocycles. The lowest BCUT2D eigenvalue weighted by Crippen LogP contribution is -2.27. The van der Waals surface area contributed by atoms with Gasteiger partial charge in [0.15, 0.2) is 0 Å². The van der Waals surface area contributed by atoms with Crippen molar-refractivity contribution in [1.82, 2.24) is 14.3 Å². The molecule has 0 amide bonds. The van der Waals surface area contributed by atoms with Crippen LogP contribution in [0.4, 0.5) is 5.13 Å². The van der Waals surface area contributed by atoms with E-state index in [-0.39, 0.29) is 0 Å². The van der Waals surface area contributed by atoms with E-state index >= 15 is 0 Å². The first-order chi connectivity index (χ1) is 8.50. The summed E-state index contributed by atoms with van der Waals surface area (Å²) >= 11 is 1.46. The number of unbranched alkanes of at least 4 members (excludes halogenated alkanes) is 1. The van der Waals surface area contributed by atoms with Gasteiger partial charge in [0.1, 0.15) is 5.82 Å². The molecule has 0 unspecified atom stereocenters. The van der Waals surface area contributed by atoms with E-state index in [1.807, 2.05) is 0 Å². The molecule has 0 radical (unpaired) electrons. The van der Waals surface area contributed by atoms with E-state index in [0.29, 0.717) is 12.0 Å². The van der Waals surface area contributed by atoms with Gasteiger partial charge in [0.05, 0.1) is 0 Å². The summed E-state index contributed by atoms with van der Waals surface area (Å²) in [4.78, 5) is 6.83. The van der Waals surface area contributed by atoms with E-state index < -0.39 is 0 Å². The van der Waals surface area contributed by atoms with Crippen LogP contribution in [0.5, 0.6) is 0 Å². The van der Waals surface area contributed by atoms with Crippen molar-refractivity contribution in [2.45, 2.75) is 52.5 Å². The molecule has 0 saturated carbocycles. The molecule has 0 bridgehead atoms. The molecule has 1 aromatic rings. The van der Waals surface area contributed by atoms with Crippen molar-refractivity contribution >= 4 is 16.7 Å². The van der Waals surface area contributed by atoms with E-state index in [2.05, 4.69) is 54.3 Å². The predicted octanol–water partition coefficient (Wildman–Crippen LogP) is 3.19. The summed E-state index contributed by atoms with van der Waals surface area (Å²) in [7, 11) is 2.18. The van der Waals surface area contributed by atoms with Gasteiger partial charge >= 0.3 is 0 Å². The van der Waals surface area contributed by atoms with Crippen LogP contribution in [0.25, 0.3) is 0 Å². The second-order valence-corrected chi connectivity index (χ2v) is 6.07. The molecule has 1 aromatic heterocycles. The molecule has 104 valence electrons. The SMILES string of the molecule is CC(C)c1nsc(NCCCCN(C)C(C)C)n1. The Morgan fingerprint density at radius 3 is 2.50 bits per heavy atom. The van der Waals surface area contributed by atoms with Crippen LogP contribution in [0.2, 0.25) is 0 Å². The van der Waals surface area contributed by atoms with Gasteiger partial charge in [-0.05, 0) is 40.3 Å². The summed E-state index contributed by atoms with van der Waals surface area (Å²) in [5.41, 5.74) is 0. The minimum atomic E-state index is 0.413. The maximum atomic E-state index is 4.46. The fourth-order valence-electron chi connectivity index (χ4n) is 1.48. The summed E-state index contributed by atoms with van der Waals surface area (Å²) in [5.74, 6) is 1.36. The van der Waals surface area contributed by atoms with Crippen molar-refractivity contribution in [3.05, 3.63) is 5.82 Å². The number of nitrogens with one attached hydrogen (secondary N) is 1. The number of hydrogen-bond acceptors (Lipinski definition) is 5. The lowest BCUT2D eigenvalue weighted by atomic mass is 10.2. The molecule has 4 nitrogen and oxygen atoms in total. The molecule has 1 N–H and O–H groups in total. The monoisotopic (exact) mass is 270 g/mol. The first-order valence-electron chi connectivity index (χ1n) is 6.78. The van der Waals surface area contributed by atoms with Crippen molar-refractivity contribution in [3.8, 4) is 0 Å². The van der Waals surface area contributed by atoms with Crippen molar-refractivity contribution in [1.29, 1.82) is 0 Å². The van der Waals surface area contributed by atoms with Crippen LogP contribution in [0, 0.1) is 0 Å². The summed E-state index contributed by atoms with van der Waals surface area (Å²) in [6.07, 6.45) is 2.39. The number of anilines is 1. The summed E-state index contributed by atoms with van der Waals surface area (Å²) in [5, 5.41) is 4.30. The first kappa shape index (κ1) is 15.4. The Kier molecular flexibility index (Phi) is 6.57. The Morgan fingerprint density at radius 1 is 1.22 bits per heavy atom. The van der Waals surface area contributed by atoms with E-state index in [1.54, 1.807) is 0 Å². The summed E-state index contributed by atoms with van der Waals surface area (Å²) < 4.78 is 4.33. The maximum Gasteiger partial charge on any atom is 0.202 e. The van der Waals surface area contributed by atoms with Crippen molar-refractivity contribution in [2.24, 2.45) is 0 Å². The third-order valence-electron chi connectivity index (χ3n) is 3.05. The highest BCUT2D eigenvalue weighted by atomic mass is 32.1. The summed E-state index contributed by atoms with van der Waals surface area (Å²) in [6.45, 7) is 10.8. The van der Waals surface area contributed by atoms with E-state index in [9.17, 15) is 0 Å². The smallest absolute Gasteiger partial charge is 0.202 e. The molecule has 0 spiro atoms. The quantitative estimate of drug-likeness (QED) is 0.737. The molecule has 5 heteroatoms. The minimum absolute atomic E-state index is 0.413. The molecule has 1 heterocycles. The number of nitrogens with zero attached hydrogens (tertiary/aromatic N) is 3. The van der Waals surface area contributed by atoms with Crippen molar-refractivity contribution in [2.75, 3.05) is 25.5 Å². The second-order valence-electron chi connectivity index (χ2n) is 5.32. The Hall–Kier alpha value is -0.680. The van der Waals surface area contributed by atoms with Gasteiger partial charge in [-0.15, -0.1) is 0 Å². The van der Waals surface area contributed by atoms with Crippen LogP contribution in [0.3, 0.4) is 0 Å². The normalized spacial score (nSPS) is 11.8. The van der Waals surface area contributed by atoms with Crippen LogP contribution in [0.15, 0.2) is 0 Å². The van der Waals surface area contributed by atoms with Gasteiger partial charge in [0.25, 0.3) is 0 Å². The van der Waals surface area contributed by atoms with Crippen molar-refractivity contribution < 1.29 is 0 Å². The highest BCUT2D eigenvalue weighted by Gasteiger charge is 2.07. The predicted molar refractivity (Wildman–Crippen MR) is 79.5 cm³/mol. The maximum absolute atomic E-state index is 4.46. The fraction of sp³-hybridized carbons (Fsp3) is 0.846. The van der Waals surface area contributed by atoms with Crippen molar-refractivity contribution in [3.63, 3.8) is 0 Å². The Labute approximate surface area is 115 Å².